The first-order chi connectivity index (χ1) is 19.5. The van der Waals surface area contributed by atoms with Crippen molar-refractivity contribution in [2.45, 2.75) is 129 Å². The second kappa shape index (κ2) is 24.6. The van der Waals surface area contributed by atoms with Crippen LogP contribution in [0.25, 0.3) is 0 Å². The number of carbonyl (C=O) groups excluding carboxylic acids is 2. The fourth-order valence-corrected chi connectivity index (χ4v) is 4.34. The molecule has 1 rings (SSSR count). The second-order valence-corrected chi connectivity index (χ2v) is 11.4. The smallest absolute Gasteiger partial charge is 0.306 e. The molecule has 0 saturated heterocycles. The SMILES string of the molecule is CC(CO)(CO)COC(=O)CCCCCCCCC/C=C\CCCCCCCCCC(=O)OCc1ccccc1. The van der Waals surface area contributed by atoms with Crippen LogP contribution in [-0.4, -0.2) is 42.0 Å². The highest BCUT2D eigenvalue weighted by atomic mass is 16.5. The van der Waals surface area contributed by atoms with Crippen molar-refractivity contribution in [1.29, 1.82) is 0 Å². The summed E-state index contributed by atoms with van der Waals surface area (Å²) in [4.78, 5) is 23.6. The van der Waals surface area contributed by atoms with Crippen LogP contribution in [-0.2, 0) is 25.7 Å². The van der Waals surface area contributed by atoms with Gasteiger partial charge in [-0.05, 0) is 44.1 Å². The summed E-state index contributed by atoms with van der Waals surface area (Å²) in [7, 11) is 0. The number of aliphatic hydroxyl groups excluding tert-OH is 2. The minimum Gasteiger partial charge on any atom is -0.465 e. The van der Waals surface area contributed by atoms with Gasteiger partial charge in [-0.3, -0.25) is 9.59 Å². The van der Waals surface area contributed by atoms with Crippen LogP contribution >= 0.6 is 0 Å². The molecule has 0 aliphatic heterocycles. The third kappa shape index (κ3) is 20.7. The lowest BCUT2D eigenvalue weighted by Gasteiger charge is -2.23. The van der Waals surface area contributed by atoms with E-state index in [4.69, 9.17) is 9.47 Å². The predicted octanol–water partition coefficient (Wildman–Crippen LogP) is 7.84. The maximum Gasteiger partial charge on any atom is 0.306 e. The van der Waals surface area contributed by atoms with Gasteiger partial charge in [-0.15, -0.1) is 0 Å². The van der Waals surface area contributed by atoms with E-state index < -0.39 is 5.41 Å². The van der Waals surface area contributed by atoms with Crippen LogP contribution in [0.15, 0.2) is 42.5 Å². The van der Waals surface area contributed by atoms with Crippen molar-refractivity contribution < 1.29 is 29.3 Å². The van der Waals surface area contributed by atoms with Gasteiger partial charge >= 0.3 is 11.9 Å². The van der Waals surface area contributed by atoms with Crippen LogP contribution in [0.2, 0.25) is 0 Å². The van der Waals surface area contributed by atoms with Crippen LogP contribution < -0.4 is 0 Å². The second-order valence-electron chi connectivity index (χ2n) is 11.4. The zero-order chi connectivity index (χ0) is 29.2. The van der Waals surface area contributed by atoms with Crippen molar-refractivity contribution in [2.24, 2.45) is 5.41 Å². The Morgan fingerprint density at radius 3 is 1.55 bits per heavy atom. The molecule has 0 spiro atoms. The molecular weight excluding hydrogens is 504 g/mol. The van der Waals surface area contributed by atoms with Crippen molar-refractivity contribution >= 4 is 11.9 Å². The molecule has 1 aromatic rings. The van der Waals surface area contributed by atoms with Crippen molar-refractivity contribution in [1.82, 2.24) is 0 Å². The molecule has 0 aliphatic carbocycles. The van der Waals surface area contributed by atoms with Gasteiger partial charge in [0.15, 0.2) is 0 Å². The Kier molecular flexibility index (Phi) is 22.0. The Bertz CT molecular complexity index is 772. The zero-order valence-corrected chi connectivity index (χ0v) is 25.1. The number of unbranched alkanes of at least 4 members (excludes halogenated alkanes) is 14. The van der Waals surface area contributed by atoms with Crippen molar-refractivity contribution in [3.05, 3.63) is 48.0 Å². The first kappa shape index (κ1) is 35.8. The van der Waals surface area contributed by atoms with Crippen molar-refractivity contribution in [3.63, 3.8) is 0 Å². The normalized spacial score (nSPS) is 11.7. The number of hydrogen-bond acceptors (Lipinski definition) is 6. The highest BCUT2D eigenvalue weighted by molar-refractivity contribution is 5.69. The van der Waals surface area contributed by atoms with Gasteiger partial charge in [-0.1, -0.05) is 114 Å². The molecule has 0 aliphatic rings. The number of rotatable bonds is 26. The van der Waals surface area contributed by atoms with Crippen molar-refractivity contribution in [3.8, 4) is 0 Å². The van der Waals surface area contributed by atoms with Gasteiger partial charge in [0.05, 0.1) is 13.2 Å². The van der Waals surface area contributed by atoms with Crippen LogP contribution in [0.3, 0.4) is 0 Å². The fraction of sp³-hybridized carbons (Fsp3) is 0.706. The predicted molar refractivity (Wildman–Crippen MR) is 162 cm³/mol. The molecular formula is C34H56O6. The Hall–Kier alpha value is -2.18. The van der Waals surface area contributed by atoms with Crippen LogP contribution in [0.1, 0.15) is 128 Å². The Morgan fingerprint density at radius 2 is 1.07 bits per heavy atom. The Balaban J connectivity index is 1.78. The lowest BCUT2D eigenvalue weighted by atomic mass is 9.94. The summed E-state index contributed by atoms with van der Waals surface area (Å²) < 4.78 is 10.5. The summed E-state index contributed by atoms with van der Waals surface area (Å²) in [6, 6.07) is 9.82. The first-order valence-corrected chi connectivity index (χ1v) is 15.7. The first-order valence-electron chi connectivity index (χ1n) is 15.7. The van der Waals surface area contributed by atoms with Crippen LogP contribution in [0, 0.1) is 5.41 Å². The lowest BCUT2D eigenvalue weighted by molar-refractivity contribution is -0.149. The lowest BCUT2D eigenvalue weighted by Crippen LogP contribution is -2.32. The monoisotopic (exact) mass is 560 g/mol. The van der Waals surface area contributed by atoms with E-state index in [1.807, 2.05) is 30.3 Å². The van der Waals surface area contributed by atoms with E-state index in [1.54, 1.807) is 6.92 Å². The summed E-state index contributed by atoms with van der Waals surface area (Å²) in [6.45, 7) is 1.73. The van der Waals surface area contributed by atoms with Gasteiger partial charge in [0.25, 0.3) is 0 Å². The molecule has 0 amide bonds. The molecule has 0 unspecified atom stereocenters. The molecule has 2 N–H and O–H groups in total. The van der Waals surface area contributed by atoms with Gasteiger partial charge < -0.3 is 19.7 Å². The topological polar surface area (TPSA) is 93.1 Å². The standard InChI is InChI=1S/C34H56O6/c1-34(28-35,29-36)30-40-33(38)26-22-17-15-13-11-9-7-5-3-2-4-6-8-10-12-14-16-21-25-32(37)39-27-31-23-19-18-20-24-31/h2-3,18-20,23-24,35-36H,4-17,21-22,25-30H2,1H3/b3-2-. The van der Waals surface area contributed by atoms with E-state index in [2.05, 4.69) is 12.2 Å². The van der Waals surface area contributed by atoms with E-state index in [0.29, 0.717) is 19.4 Å². The third-order valence-corrected chi connectivity index (χ3v) is 7.26. The highest BCUT2D eigenvalue weighted by Gasteiger charge is 2.24. The summed E-state index contributed by atoms with van der Waals surface area (Å²) in [5.74, 6) is -0.335. The van der Waals surface area contributed by atoms with E-state index in [1.165, 1.54) is 70.6 Å². The average Bonchev–Trinajstić information content (AvgIpc) is 2.98. The van der Waals surface area contributed by atoms with Gasteiger partial charge in [0.2, 0.25) is 0 Å². The summed E-state index contributed by atoms with van der Waals surface area (Å²) in [5, 5.41) is 18.4. The van der Waals surface area contributed by atoms with Gasteiger partial charge in [0.1, 0.15) is 13.2 Å². The van der Waals surface area contributed by atoms with Gasteiger partial charge in [-0.2, -0.15) is 0 Å². The number of allylic oxidation sites excluding steroid dienone is 2. The maximum atomic E-state index is 11.8. The molecule has 0 heterocycles. The quantitative estimate of drug-likeness (QED) is 0.0681. The number of ether oxygens (including phenoxy) is 2. The largest absolute Gasteiger partial charge is 0.465 e. The zero-order valence-electron chi connectivity index (χ0n) is 25.1. The number of hydrogen-bond donors (Lipinski definition) is 2. The fourth-order valence-electron chi connectivity index (χ4n) is 4.34. The molecule has 0 saturated carbocycles. The maximum absolute atomic E-state index is 11.8. The van der Waals surface area contributed by atoms with E-state index in [0.717, 1.165) is 37.7 Å². The van der Waals surface area contributed by atoms with Gasteiger partial charge in [0, 0.05) is 18.3 Å². The minimum atomic E-state index is -0.754. The number of aliphatic hydroxyl groups is 2. The molecule has 0 fully saturated rings. The van der Waals surface area contributed by atoms with E-state index >= 15 is 0 Å². The molecule has 40 heavy (non-hydrogen) atoms. The number of esters is 2. The van der Waals surface area contributed by atoms with Crippen LogP contribution in [0.4, 0.5) is 0 Å². The molecule has 6 heteroatoms. The average molecular weight is 561 g/mol. The van der Waals surface area contributed by atoms with Crippen LogP contribution in [0.5, 0.6) is 0 Å². The van der Waals surface area contributed by atoms with Gasteiger partial charge in [-0.25, -0.2) is 0 Å². The third-order valence-electron chi connectivity index (χ3n) is 7.26. The summed E-state index contributed by atoms with van der Waals surface area (Å²) >= 11 is 0. The molecule has 0 radical (unpaired) electrons. The minimum absolute atomic E-state index is 0.0611. The summed E-state index contributed by atoms with van der Waals surface area (Å²) in [5.41, 5.74) is 0.281. The molecule has 1 aromatic carbocycles. The Labute approximate surface area is 243 Å². The number of benzene rings is 1. The molecule has 0 aromatic heterocycles. The van der Waals surface area contributed by atoms with Crippen molar-refractivity contribution in [2.75, 3.05) is 19.8 Å². The van der Waals surface area contributed by atoms with E-state index in [9.17, 15) is 19.8 Å². The van der Waals surface area contributed by atoms with E-state index in [-0.39, 0.29) is 31.8 Å². The number of carbonyl (C=O) groups is 2. The molecule has 228 valence electrons. The Morgan fingerprint density at radius 1 is 0.650 bits per heavy atom. The highest BCUT2D eigenvalue weighted by Crippen LogP contribution is 2.16. The molecule has 0 bridgehead atoms. The molecule has 6 nitrogen and oxygen atoms in total. The molecule has 0 atom stereocenters. The summed E-state index contributed by atoms with van der Waals surface area (Å²) in [6.07, 6.45) is 24.2.